The lowest BCUT2D eigenvalue weighted by molar-refractivity contribution is -0.141. The topological polar surface area (TPSA) is 83.6 Å². The molecule has 110 valence electrons. The Bertz CT molecular complexity index is 336. The van der Waals surface area contributed by atoms with Crippen molar-refractivity contribution in [1.82, 2.24) is 4.90 Å². The highest BCUT2D eigenvalue weighted by Crippen LogP contribution is 2.23. The monoisotopic (exact) mass is 270 g/mol. The average Bonchev–Trinajstić information content (AvgIpc) is 2.27. The third-order valence-electron chi connectivity index (χ3n) is 3.84. The maximum atomic E-state index is 12.2. The second-order valence-corrected chi connectivity index (χ2v) is 6.62. The molecule has 0 aliphatic carbocycles. The standard InChI is InChI=1S/C14H26N2O3/c1-14(2,3)11(15)8-12(17)16-6-4-5-10(9-16)7-13(18)19/h10-11H,4-9,15H2,1-3H3,(H,18,19). The molecular formula is C14H26N2O3. The van der Waals surface area contributed by atoms with E-state index in [4.69, 9.17) is 10.8 Å². The Labute approximate surface area is 115 Å². The lowest BCUT2D eigenvalue weighted by atomic mass is 9.85. The van der Waals surface area contributed by atoms with Crippen molar-refractivity contribution >= 4 is 11.9 Å². The van der Waals surface area contributed by atoms with Gasteiger partial charge in [0.15, 0.2) is 0 Å². The van der Waals surface area contributed by atoms with Gasteiger partial charge in [0.25, 0.3) is 0 Å². The lowest BCUT2D eigenvalue weighted by Crippen LogP contribution is -2.45. The Morgan fingerprint density at radius 2 is 2.05 bits per heavy atom. The van der Waals surface area contributed by atoms with Gasteiger partial charge in [-0.25, -0.2) is 0 Å². The largest absolute Gasteiger partial charge is 0.481 e. The smallest absolute Gasteiger partial charge is 0.303 e. The highest BCUT2D eigenvalue weighted by atomic mass is 16.4. The summed E-state index contributed by atoms with van der Waals surface area (Å²) in [6.07, 6.45) is 2.26. The number of piperidine rings is 1. The van der Waals surface area contributed by atoms with Crippen molar-refractivity contribution in [2.45, 2.75) is 52.5 Å². The van der Waals surface area contributed by atoms with E-state index in [9.17, 15) is 9.59 Å². The number of aliphatic carboxylic acids is 1. The number of hydrogen-bond donors (Lipinski definition) is 2. The predicted octanol–water partition coefficient (Wildman–Crippen LogP) is 1.46. The van der Waals surface area contributed by atoms with Gasteiger partial charge in [0.1, 0.15) is 0 Å². The van der Waals surface area contributed by atoms with Gasteiger partial charge in [0, 0.05) is 32.0 Å². The fraction of sp³-hybridized carbons (Fsp3) is 0.857. The second kappa shape index (κ2) is 6.37. The van der Waals surface area contributed by atoms with E-state index in [1.807, 2.05) is 20.8 Å². The summed E-state index contributed by atoms with van der Waals surface area (Å²) in [5.41, 5.74) is 5.94. The molecule has 0 aromatic heterocycles. The Kier molecular flexibility index (Phi) is 5.35. The zero-order valence-electron chi connectivity index (χ0n) is 12.2. The van der Waals surface area contributed by atoms with Crippen LogP contribution >= 0.6 is 0 Å². The first-order chi connectivity index (χ1) is 8.70. The van der Waals surface area contributed by atoms with E-state index in [2.05, 4.69) is 0 Å². The van der Waals surface area contributed by atoms with Gasteiger partial charge < -0.3 is 15.7 Å². The summed E-state index contributed by atoms with van der Waals surface area (Å²) in [6.45, 7) is 7.35. The summed E-state index contributed by atoms with van der Waals surface area (Å²) in [6, 6.07) is -0.167. The van der Waals surface area contributed by atoms with Gasteiger partial charge in [-0.05, 0) is 24.2 Å². The van der Waals surface area contributed by atoms with Crippen molar-refractivity contribution in [2.75, 3.05) is 13.1 Å². The first-order valence-electron chi connectivity index (χ1n) is 6.95. The van der Waals surface area contributed by atoms with Crippen LogP contribution in [0.4, 0.5) is 0 Å². The predicted molar refractivity (Wildman–Crippen MR) is 73.6 cm³/mol. The number of hydrogen-bond acceptors (Lipinski definition) is 3. The highest BCUT2D eigenvalue weighted by Gasteiger charge is 2.29. The molecule has 1 saturated heterocycles. The maximum absolute atomic E-state index is 12.2. The zero-order chi connectivity index (χ0) is 14.6. The molecule has 0 spiro atoms. The zero-order valence-corrected chi connectivity index (χ0v) is 12.2. The molecule has 3 N–H and O–H groups in total. The van der Waals surface area contributed by atoms with Gasteiger partial charge in [-0.1, -0.05) is 20.8 Å². The molecule has 1 rings (SSSR count). The van der Waals surface area contributed by atoms with Crippen molar-refractivity contribution in [1.29, 1.82) is 0 Å². The Morgan fingerprint density at radius 1 is 1.42 bits per heavy atom. The van der Waals surface area contributed by atoms with Crippen LogP contribution in [0, 0.1) is 11.3 Å². The van der Waals surface area contributed by atoms with Crippen LogP contribution in [-0.2, 0) is 9.59 Å². The summed E-state index contributed by atoms with van der Waals surface area (Å²) < 4.78 is 0. The fourth-order valence-corrected chi connectivity index (χ4v) is 2.33. The average molecular weight is 270 g/mol. The van der Waals surface area contributed by atoms with Gasteiger partial charge >= 0.3 is 5.97 Å². The number of nitrogens with zero attached hydrogens (tertiary/aromatic N) is 1. The molecule has 1 heterocycles. The molecule has 0 bridgehead atoms. The summed E-state index contributed by atoms with van der Waals surface area (Å²) >= 11 is 0. The highest BCUT2D eigenvalue weighted by molar-refractivity contribution is 5.77. The van der Waals surface area contributed by atoms with Crippen LogP contribution in [0.15, 0.2) is 0 Å². The van der Waals surface area contributed by atoms with Crippen molar-refractivity contribution < 1.29 is 14.7 Å². The van der Waals surface area contributed by atoms with Crippen LogP contribution in [-0.4, -0.2) is 41.0 Å². The van der Waals surface area contributed by atoms with E-state index in [1.54, 1.807) is 4.90 Å². The normalized spacial score (nSPS) is 22.1. The molecule has 1 fully saturated rings. The second-order valence-electron chi connectivity index (χ2n) is 6.62. The molecule has 1 amide bonds. The van der Waals surface area contributed by atoms with E-state index < -0.39 is 5.97 Å². The number of amides is 1. The van der Waals surface area contributed by atoms with E-state index in [-0.39, 0.29) is 29.7 Å². The molecule has 0 saturated carbocycles. The number of carbonyl (C=O) groups excluding carboxylic acids is 1. The molecule has 0 aromatic rings. The first-order valence-corrected chi connectivity index (χ1v) is 6.95. The van der Waals surface area contributed by atoms with E-state index in [0.29, 0.717) is 13.0 Å². The van der Waals surface area contributed by atoms with Gasteiger partial charge in [0.2, 0.25) is 5.91 Å². The van der Waals surface area contributed by atoms with Gasteiger partial charge in [-0.2, -0.15) is 0 Å². The van der Waals surface area contributed by atoms with Crippen LogP contribution in [0.3, 0.4) is 0 Å². The quantitative estimate of drug-likeness (QED) is 0.810. The van der Waals surface area contributed by atoms with Crippen LogP contribution in [0.1, 0.15) is 46.5 Å². The Hall–Kier alpha value is -1.10. The minimum absolute atomic E-state index is 0.0533. The van der Waals surface area contributed by atoms with Gasteiger partial charge in [0.05, 0.1) is 0 Å². The minimum Gasteiger partial charge on any atom is -0.481 e. The SMILES string of the molecule is CC(C)(C)C(N)CC(=O)N1CCCC(CC(=O)O)C1. The molecule has 1 aliphatic heterocycles. The lowest BCUT2D eigenvalue weighted by Gasteiger charge is -2.34. The number of carboxylic acids is 1. The molecule has 0 radical (unpaired) electrons. The molecular weight excluding hydrogens is 244 g/mol. The molecule has 5 heteroatoms. The molecule has 0 aromatic carbocycles. The summed E-state index contributed by atoms with van der Waals surface area (Å²) in [7, 11) is 0. The third-order valence-corrected chi connectivity index (χ3v) is 3.84. The number of likely N-dealkylation sites (tertiary alicyclic amines) is 1. The van der Waals surface area contributed by atoms with E-state index in [1.165, 1.54) is 0 Å². The van der Waals surface area contributed by atoms with Crippen molar-refractivity contribution in [2.24, 2.45) is 17.1 Å². The Balaban J connectivity index is 2.50. The van der Waals surface area contributed by atoms with Gasteiger partial charge in [-0.15, -0.1) is 0 Å². The minimum atomic E-state index is -0.786. The van der Waals surface area contributed by atoms with Crippen LogP contribution in [0.5, 0.6) is 0 Å². The number of carbonyl (C=O) groups is 2. The third kappa shape index (κ3) is 5.19. The molecule has 5 nitrogen and oxygen atoms in total. The van der Waals surface area contributed by atoms with Crippen molar-refractivity contribution in [3.8, 4) is 0 Å². The first kappa shape index (κ1) is 16.0. The fourth-order valence-electron chi connectivity index (χ4n) is 2.33. The number of nitrogens with two attached hydrogens (primary N) is 1. The number of rotatable bonds is 4. The number of carboxylic acid groups (broad SMARTS) is 1. The molecule has 2 unspecified atom stereocenters. The van der Waals surface area contributed by atoms with Crippen molar-refractivity contribution in [3.05, 3.63) is 0 Å². The van der Waals surface area contributed by atoms with Crippen molar-refractivity contribution in [3.63, 3.8) is 0 Å². The molecule has 19 heavy (non-hydrogen) atoms. The molecule has 1 aliphatic rings. The Morgan fingerprint density at radius 3 is 2.58 bits per heavy atom. The van der Waals surface area contributed by atoms with Crippen LogP contribution < -0.4 is 5.73 Å². The molecule has 2 atom stereocenters. The van der Waals surface area contributed by atoms with Crippen LogP contribution in [0.2, 0.25) is 0 Å². The van der Waals surface area contributed by atoms with E-state index >= 15 is 0 Å². The van der Waals surface area contributed by atoms with E-state index in [0.717, 1.165) is 19.4 Å². The maximum Gasteiger partial charge on any atom is 0.303 e. The van der Waals surface area contributed by atoms with Crippen LogP contribution in [0.25, 0.3) is 0 Å². The summed E-state index contributed by atoms with van der Waals surface area (Å²) in [4.78, 5) is 24.7. The summed E-state index contributed by atoms with van der Waals surface area (Å²) in [5, 5.41) is 8.82. The van der Waals surface area contributed by atoms with Gasteiger partial charge in [-0.3, -0.25) is 9.59 Å². The summed E-state index contributed by atoms with van der Waals surface area (Å²) in [5.74, 6) is -0.649.